The van der Waals surface area contributed by atoms with Crippen LogP contribution in [0.25, 0.3) is 0 Å². The zero-order valence-electron chi connectivity index (χ0n) is 16.2. The zero-order valence-corrected chi connectivity index (χ0v) is 16.9. The Balaban J connectivity index is 1.74. The van der Waals surface area contributed by atoms with Crippen molar-refractivity contribution in [3.8, 4) is 18.1 Å². The van der Waals surface area contributed by atoms with Crippen molar-refractivity contribution < 1.29 is 29.9 Å². The van der Waals surface area contributed by atoms with Gasteiger partial charge in [0.25, 0.3) is 0 Å². The largest absolute Gasteiger partial charge is 0.491 e. The van der Waals surface area contributed by atoms with Crippen molar-refractivity contribution >= 4 is 11.6 Å². The van der Waals surface area contributed by atoms with Crippen molar-refractivity contribution in [3.05, 3.63) is 63.2 Å². The monoisotopic (exact) mass is 430 g/mol. The third-order valence-corrected chi connectivity index (χ3v) is 6.16. The van der Waals surface area contributed by atoms with E-state index in [0.717, 1.165) is 22.3 Å². The topological polar surface area (TPSA) is 99.4 Å². The summed E-state index contributed by atoms with van der Waals surface area (Å²) in [6, 6.07) is 9.40. The maximum atomic E-state index is 10.6. The van der Waals surface area contributed by atoms with Crippen molar-refractivity contribution in [2.75, 3.05) is 13.2 Å². The van der Waals surface area contributed by atoms with E-state index in [-0.39, 0.29) is 0 Å². The standard InChI is InChI=1S/C23H23ClO6/c1-2-12-3-5-13(6-4-12)9-14-10-16(15-7-8-29-22(15)18(14)24)23-21(28)20(27)19(26)17(11-25)30-23/h1,3-6,10,17,19-21,23,25-28H,7-9,11H2. The smallest absolute Gasteiger partial charge is 0.141 e. The van der Waals surface area contributed by atoms with Crippen LogP contribution in [-0.2, 0) is 17.6 Å². The van der Waals surface area contributed by atoms with Gasteiger partial charge in [-0.15, -0.1) is 6.42 Å². The van der Waals surface area contributed by atoms with Crippen molar-refractivity contribution in [2.45, 2.75) is 43.4 Å². The third kappa shape index (κ3) is 3.69. The molecule has 2 aliphatic heterocycles. The van der Waals surface area contributed by atoms with Crippen LogP contribution in [0.15, 0.2) is 30.3 Å². The second kappa shape index (κ2) is 8.56. The molecule has 2 aliphatic rings. The summed E-state index contributed by atoms with van der Waals surface area (Å²) < 4.78 is 11.5. The SMILES string of the molecule is C#Cc1ccc(Cc2cc(C3OC(CO)C(O)C(O)C3O)c3c(c2Cl)OCC3)cc1. The summed E-state index contributed by atoms with van der Waals surface area (Å²) in [7, 11) is 0. The molecule has 1 fully saturated rings. The number of hydrogen-bond donors (Lipinski definition) is 4. The highest BCUT2D eigenvalue weighted by molar-refractivity contribution is 6.33. The highest BCUT2D eigenvalue weighted by atomic mass is 35.5. The molecule has 0 aliphatic carbocycles. The van der Waals surface area contributed by atoms with Gasteiger partial charge in [0.1, 0.15) is 36.3 Å². The number of ether oxygens (including phenoxy) is 2. The van der Waals surface area contributed by atoms with Gasteiger partial charge in [0.2, 0.25) is 0 Å². The summed E-state index contributed by atoms with van der Waals surface area (Å²) in [4.78, 5) is 0. The minimum atomic E-state index is -1.45. The van der Waals surface area contributed by atoms with Gasteiger partial charge in [0, 0.05) is 17.5 Å². The minimum Gasteiger partial charge on any atom is -0.491 e. The lowest BCUT2D eigenvalue weighted by atomic mass is 9.87. The predicted molar refractivity (Wildman–Crippen MR) is 111 cm³/mol. The van der Waals surface area contributed by atoms with Crippen LogP contribution in [0.1, 0.15) is 33.9 Å². The van der Waals surface area contributed by atoms with Gasteiger partial charge in [-0.3, -0.25) is 0 Å². The second-order valence-corrected chi connectivity index (χ2v) is 7.99. The lowest BCUT2D eigenvalue weighted by Crippen LogP contribution is -2.55. The van der Waals surface area contributed by atoms with E-state index in [1.807, 2.05) is 30.3 Å². The van der Waals surface area contributed by atoms with Crippen molar-refractivity contribution in [2.24, 2.45) is 0 Å². The van der Waals surface area contributed by atoms with Crippen molar-refractivity contribution in [1.82, 2.24) is 0 Å². The Kier molecular flexibility index (Phi) is 6.03. The molecular formula is C23H23ClO6. The number of rotatable bonds is 4. The summed E-state index contributed by atoms with van der Waals surface area (Å²) in [5.41, 5.74) is 3.99. The number of aliphatic hydroxyl groups is 4. The Bertz CT molecular complexity index is 965. The van der Waals surface area contributed by atoms with Crippen LogP contribution >= 0.6 is 11.6 Å². The molecule has 1 saturated heterocycles. The first-order valence-electron chi connectivity index (χ1n) is 9.77. The number of benzene rings is 2. The minimum absolute atomic E-state index is 0.444. The normalized spacial score (nSPS) is 27.9. The van der Waals surface area contributed by atoms with Gasteiger partial charge in [-0.1, -0.05) is 35.7 Å². The Hall–Kier alpha value is -2.11. The fourth-order valence-electron chi connectivity index (χ4n) is 4.09. The van der Waals surface area contributed by atoms with E-state index in [0.29, 0.717) is 35.8 Å². The molecule has 0 radical (unpaired) electrons. The summed E-state index contributed by atoms with van der Waals surface area (Å²) in [5.74, 6) is 3.13. The van der Waals surface area contributed by atoms with E-state index in [2.05, 4.69) is 5.92 Å². The Morgan fingerprint density at radius 1 is 1.10 bits per heavy atom. The lowest BCUT2D eigenvalue weighted by Gasteiger charge is -2.40. The van der Waals surface area contributed by atoms with Gasteiger partial charge in [-0.25, -0.2) is 0 Å². The molecule has 5 atom stereocenters. The summed E-state index contributed by atoms with van der Waals surface area (Å²) in [5, 5.41) is 40.9. The first-order chi connectivity index (χ1) is 14.4. The zero-order chi connectivity index (χ0) is 21.4. The van der Waals surface area contributed by atoms with Crippen LogP contribution in [0.3, 0.4) is 0 Å². The Morgan fingerprint density at radius 2 is 1.83 bits per heavy atom. The van der Waals surface area contributed by atoms with Crippen LogP contribution in [0.5, 0.6) is 5.75 Å². The van der Waals surface area contributed by atoms with Crippen LogP contribution in [0.2, 0.25) is 5.02 Å². The predicted octanol–water partition coefficient (Wildman–Crippen LogP) is 1.36. The molecule has 158 valence electrons. The maximum Gasteiger partial charge on any atom is 0.141 e. The number of fused-ring (bicyclic) bond motifs is 1. The van der Waals surface area contributed by atoms with Crippen LogP contribution < -0.4 is 4.74 Å². The van der Waals surface area contributed by atoms with Gasteiger partial charge >= 0.3 is 0 Å². The van der Waals surface area contributed by atoms with E-state index >= 15 is 0 Å². The van der Waals surface area contributed by atoms with E-state index in [9.17, 15) is 20.4 Å². The maximum absolute atomic E-state index is 10.6. The Morgan fingerprint density at radius 3 is 2.50 bits per heavy atom. The van der Waals surface area contributed by atoms with Crippen molar-refractivity contribution in [1.29, 1.82) is 0 Å². The van der Waals surface area contributed by atoms with E-state index < -0.39 is 37.1 Å². The van der Waals surface area contributed by atoms with Gasteiger partial charge in [-0.2, -0.15) is 0 Å². The highest BCUT2D eigenvalue weighted by Crippen LogP contribution is 2.44. The third-order valence-electron chi connectivity index (χ3n) is 5.75. The van der Waals surface area contributed by atoms with Gasteiger partial charge in [0.15, 0.2) is 0 Å². The molecule has 0 aromatic heterocycles. The molecule has 6 nitrogen and oxygen atoms in total. The lowest BCUT2D eigenvalue weighted by molar-refractivity contribution is -0.231. The number of halogens is 1. The summed E-state index contributed by atoms with van der Waals surface area (Å²) in [6.45, 7) is -0.0398. The van der Waals surface area contributed by atoms with Crippen LogP contribution in [-0.4, -0.2) is 58.1 Å². The molecule has 30 heavy (non-hydrogen) atoms. The van der Waals surface area contributed by atoms with Crippen LogP contribution in [0, 0.1) is 12.3 Å². The number of hydrogen-bond acceptors (Lipinski definition) is 6. The molecule has 4 rings (SSSR count). The molecule has 0 spiro atoms. The van der Waals surface area contributed by atoms with Gasteiger partial charge in [0.05, 0.1) is 18.2 Å². The van der Waals surface area contributed by atoms with Crippen LogP contribution in [0.4, 0.5) is 0 Å². The molecule has 4 N–H and O–H groups in total. The van der Waals surface area contributed by atoms with Gasteiger partial charge in [-0.05, 0) is 35.2 Å². The molecular weight excluding hydrogens is 408 g/mol. The number of aliphatic hydroxyl groups excluding tert-OH is 4. The fourth-order valence-corrected chi connectivity index (χ4v) is 4.38. The summed E-state index contributed by atoms with van der Waals surface area (Å²) in [6.07, 6.45) is 0.357. The van der Waals surface area contributed by atoms with E-state index in [1.54, 1.807) is 0 Å². The first kappa shape index (κ1) is 21.1. The molecule has 0 amide bonds. The molecule has 2 aromatic carbocycles. The van der Waals surface area contributed by atoms with E-state index in [1.165, 1.54) is 0 Å². The Labute approximate surface area is 179 Å². The first-order valence-corrected chi connectivity index (χ1v) is 10.2. The van der Waals surface area contributed by atoms with E-state index in [4.69, 9.17) is 27.5 Å². The highest BCUT2D eigenvalue weighted by Gasteiger charge is 2.45. The molecule has 7 heteroatoms. The molecule has 5 unspecified atom stereocenters. The summed E-state index contributed by atoms with van der Waals surface area (Å²) >= 11 is 6.63. The molecule has 0 saturated carbocycles. The fraction of sp³-hybridized carbons (Fsp3) is 0.391. The van der Waals surface area contributed by atoms with Gasteiger partial charge < -0.3 is 29.9 Å². The average molecular weight is 431 g/mol. The molecule has 0 bridgehead atoms. The van der Waals surface area contributed by atoms with Crippen molar-refractivity contribution in [3.63, 3.8) is 0 Å². The average Bonchev–Trinajstić information content (AvgIpc) is 3.26. The molecule has 2 heterocycles. The quantitative estimate of drug-likeness (QED) is 0.547. The molecule has 2 aromatic rings. The number of terminal acetylenes is 1. The second-order valence-electron chi connectivity index (χ2n) is 7.61.